The Morgan fingerprint density at radius 2 is 1.63 bits per heavy atom. The predicted octanol–water partition coefficient (Wildman–Crippen LogP) is 8.74. The molecule has 0 atom stereocenters. The number of amides is 1. The summed E-state index contributed by atoms with van der Waals surface area (Å²) in [6.45, 7) is 0.113. The summed E-state index contributed by atoms with van der Waals surface area (Å²) >= 11 is 6.12. The second kappa shape index (κ2) is 13.3. The summed E-state index contributed by atoms with van der Waals surface area (Å²) in [6.07, 6.45) is 5.32. The fraction of sp³-hybridized carbons (Fsp3) is 0.270. The van der Waals surface area contributed by atoms with Crippen LogP contribution in [-0.4, -0.2) is 47.5 Å². The van der Waals surface area contributed by atoms with Gasteiger partial charge in [0.2, 0.25) is 0 Å². The van der Waals surface area contributed by atoms with E-state index < -0.39 is 11.8 Å². The van der Waals surface area contributed by atoms with Crippen molar-refractivity contribution in [2.45, 2.75) is 44.8 Å². The van der Waals surface area contributed by atoms with Gasteiger partial charge in [-0.2, -0.15) is 0 Å². The van der Waals surface area contributed by atoms with Gasteiger partial charge < -0.3 is 18.9 Å². The van der Waals surface area contributed by atoms with E-state index in [1.165, 1.54) is 24.5 Å². The number of fused-ring (bicyclic) bond motifs is 1. The molecular weight excluding hydrogens is 605 g/mol. The molecule has 1 heterocycles. The van der Waals surface area contributed by atoms with Crippen LogP contribution in [-0.2, 0) is 11.3 Å². The summed E-state index contributed by atoms with van der Waals surface area (Å²) < 4.78 is 29.1. The highest BCUT2D eigenvalue weighted by atomic mass is 35.5. The van der Waals surface area contributed by atoms with Crippen LogP contribution in [0.1, 0.15) is 64.4 Å². The maximum Gasteiger partial charge on any atom is 0.337 e. The highest BCUT2D eigenvalue weighted by molar-refractivity contribution is 6.30. The van der Waals surface area contributed by atoms with E-state index in [0.29, 0.717) is 38.8 Å². The molecule has 0 radical (unpaired) electrons. The summed E-state index contributed by atoms with van der Waals surface area (Å²) in [4.78, 5) is 31.3. The van der Waals surface area contributed by atoms with Gasteiger partial charge in [0.15, 0.2) is 0 Å². The van der Waals surface area contributed by atoms with Crippen LogP contribution in [0.3, 0.4) is 0 Å². The molecule has 1 aliphatic carbocycles. The van der Waals surface area contributed by atoms with E-state index in [-0.39, 0.29) is 18.6 Å². The SMILES string of the molecule is COC(=O)c1ccc2c(c1)nc(-c1ccc(OCc3cc(C(=O)N(C)C)ccc3-c3ccc(Cl)cc3)cc1F)n2C1CCCCC1. The molecule has 1 saturated carbocycles. The number of hydrogen-bond donors (Lipinski definition) is 0. The van der Waals surface area contributed by atoms with Crippen LogP contribution < -0.4 is 4.74 Å². The summed E-state index contributed by atoms with van der Waals surface area (Å²) in [6, 6.07) is 23.2. The van der Waals surface area contributed by atoms with Crippen LogP contribution in [0.15, 0.2) is 78.9 Å². The van der Waals surface area contributed by atoms with Gasteiger partial charge in [0.05, 0.1) is 29.3 Å². The van der Waals surface area contributed by atoms with Crippen LogP contribution in [0, 0.1) is 5.82 Å². The first-order valence-corrected chi connectivity index (χ1v) is 15.7. The first-order valence-electron chi connectivity index (χ1n) is 15.4. The van der Waals surface area contributed by atoms with E-state index >= 15 is 4.39 Å². The van der Waals surface area contributed by atoms with Crippen molar-refractivity contribution < 1.29 is 23.5 Å². The Kier molecular flexibility index (Phi) is 9.08. The molecule has 9 heteroatoms. The number of aromatic nitrogens is 2. The Bertz CT molecular complexity index is 1910. The number of esters is 1. The van der Waals surface area contributed by atoms with Crippen molar-refractivity contribution in [3.05, 3.63) is 106 Å². The van der Waals surface area contributed by atoms with Gasteiger partial charge in [0.1, 0.15) is 24.0 Å². The number of imidazole rings is 1. The van der Waals surface area contributed by atoms with Crippen molar-refractivity contribution >= 4 is 34.5 Å². The second-order valence-electron chi connectivity index (χ2n) is 11.8. The normalized spacial score (nSPS) is 13.5. The number of carbonyl (C=O) groups is 2. The van der Waals surface area contributed by atoms with Gasteiger partial charge >= 0.3 is 5.97 Å². The Balaban J connectivity index is 1.33. The highest BCUT2D eigenvalue weighted by Gasteiger charge is 2.25. The molecule has 0 spiro atoms. The number of halogens is 2. The predicted molar refractivity (Wildman–Crippen MR) is 178 cm³/mol. The van der Waals surface area contributed by atoms with E-state index in [1.54, 1.807) is 44.4 Å². The lowest BCUT2D eigenvalue weighted by Gasteiger charge is -2.25. The van der Waals surface area contributed by atoms with Gasteiger partial charge in [0, 0.05) is 36.8 Å². The molecule has 1 fully saturated rings. The minimum atomic E-state index is -0.465. The quantitative estimate of drug-likeness (QED) is 0.159. The molecule has 1 aromatic heterocycles. The summed E-state index contributed by atoms with van der Waals surface area (Å²) in [7, 11) is 4.75. The second-order valence-corrected chi connectivity index (χ2v) is 12.2. The maximum atomic E-state index is 16.0. The Morgan fingerprint density at radius 3 is 2.33 bits per heavy atom. The van der Waals surface area contributed by atoms with Gasteiger partial charge in [-0.05, 0) is 84.1 Å². The molecule has 0 unspecified atom stereocenters. The van der Waals surface area contributed by atoms with Gasteiger partial charge in [-0.25, -0.2) is 14.2 Å². The van der Waals surface area contributed by atoms with E-state index in [4.69, 9.17) is 26.1 Å². The lowest BCUT2D eigenvalue weighted by atomic mass is 9.94. The third-order valence-electron chi connectivity index (χ3n) is 8.54. The number of benzene rings is 4. The lowest BCUT2D eigenvalue weighted by Crippen LogP contribution is -2.21. The molecule has 0 aliphatic heterocycles. The zero-order valence-corrected chi connectivity index (χ0v) is 26.8. The highest BCUT2D eigenvalue weighted by Crippen LogP contribution is 2.38. The number of hydrogen-bond acceptors (Lipinski definition) is 5. The van der Waals surface area contributed by atoms with E-state index in [2.05, 4.69) is 4.57 Å². The monoisotopic (exact) mass is 639 g/mol. The van der Waals surface area contributed by atoms with Gasteiger partial charge in [-0.15, -0.1) is 0 Å². The van der Waals surface area contributed by atoms with Gasteiger partial charge in [-0.3, -0.25) is 4.79 Å². The molecule has 6 rings (SSSR count). The number of nitrogens with zero attached hydrogens (tertiary/aromatic N) is 3. The molecule has 0 bridgehead atoms. The van der Waals surface area contributed by atoms with Crippen molar-refractivity contribution in [3.8, 4) is 28.3 Å². The summed E-state index contributed by atoms with van der Waals surface area (Å²) in [5, 5.41) is 0.623. The van der Waals surface area contributed by atoms with Crippen LogP contribution >= 0.6 is 11.6 Å². The fourth-order valence-electron chi connectivity index (χ4n) is 6.19. The smallest absolute Gasteiger partial charge is 0.337 e. The topological polar surface area (TPSA) is 73.7 Å². The van der Waals surface area contributed by atoms with Gasteiger partial charge in [-0.1, -0.05) is 49.1 Å². The molecule has 4 aromatic carbocycles. The first kappa shape index (κ1) is 31.3. The molecule has 1 amide bonds. The molecular formula is C37H35ClFN3O4. The van der Waals surface area contributed by atoms with Crippen molar-refractivity contribution in [1.29, 1.82) is 0 Å². The average Bonchev–Trinajstić information content (AvgIpc) is 3.45. The van der Waals surface area contributed by atoms with Crippen LogP contribution in [0.2, 0.25) is 5.02 Å². The van der Waals surface area contributed by atoms with Crippen molar-refractivity contribution in [2.75, 3.05) is 21.2 Å². The van der Waals surface area contributed by atoms with Crippen molar-refractivity contribution in [1.82, 2.24) is 14.5 Å². The average molecular weight is 640 g/mol. The third-order valence-corrected chi connectivity index (χ3v) is 8.79. The van der Waals surface area contributed by atoms with E-state index in [9.17, 15) is 9.59 Å². The minimum Gasteiger partial charge on any atom is -0.489 e. The number of methoxy groups -OCH3 is 1. The molecule has 5 aromatic rings. The number of ether oxygens (including phenoxy) is 2. The third kappa shape index (κ3) is 6.35. The number of carbonyl (C=O) groups excluding carboxylic acids is 2. The largest absolute Gasteiger partial charge is 0.489 e. The van der Waals surface area contributed by atoms with E-state index in [0.717, 1.165) is 47.9 Å². The number of rotatable bonds is 8. The van der Waals surface area contributed by atoms with Crippen LogP contribution in [0.5, 0.6) is 5.75 Å². The fourth-order valence-corrected chi connectivity index (χ4v) is 6.31. The molecule has 236 valence electrons. The zero-order valence-electron chi connectivity index (χ0n) is 26.1. The minimum absolute atomic E-state index is 0.113. The van der Waals surface area contributed by atoms with Crippen LogP contribution in [0.4, 0.5) is 4.39 Å². The van der Waals surface area contributed by atoms with Gasteiger partial charge in [0.25, 0.3) is 5.91 Å². The Hall–Kier alpha value is -4.69. The zero-order chi connectivity index (χ0) is 32.4. The molecule has 1 aliphatic rings. The van der Waals surface area contributed by atoms with Crippen molar-refractivity contribution in [2.24, 2.45) is 0 Å². The summed E-state index contributed by atoms with van der Waals surface area (Å²) in [5.41, 5.74) is 5.34. The lowest BCUT2D eigenvalue weighted by molar-refractivity contribution is 0.0600. The maximum absolute atomic E-state index is 16.0. The standard InChI is InChI=1S/C37H35ClFN3O4/c1-41(2)36(43)24-11-16-30(23-9-13-27(38)14-10-23)26(19-24)22-46-29-15-17-31(32(39)21-29)35-40-33-20-25(37(44)45-3)12-18-34(33)42(35)28-7-5-4-6-8-28/h9-21,28H,4-8,22H2,1-3H3. The molecule has 0 saturated heterocycles. The van der Waals surface area contributed by atoms with Crippen LogP contribution in [0.25, 0.3) is 33.5 Å². The van der Waals surface area contributed by atoms with Crippen molar-refractivity contribution in [3.63, 3.8) is 0 Å². The Morgan fingerprint density at radius 1 is 0.913 bits per heavy atom. The van der Waals surface area contributed by atoms with E-state index in [1.807, 2.05) is 42.5 Å². The first-order chi connectivity index (χ1) is 22.2. The molecule has 7 nitrogen and oxygen atoms in total. The molecule has 0 N–H and O–H groups in total. The molecule has 46 heavy (non-hydrogen) atoms. The summed E-state index contributed by atoms with van der Waals surface area (Å²) in [5.74, 6) is -0.167. The Labute approximate surface area is 272 Å².